The first-order valence-corrected chi connectivity index (χ1v) is 17.4. The fourth-order valence-electron chi connectivity index (χ4n) is 6.28. The van der Waals surface area contributed by atoms with Gasteiger partial charge in [0.1, 0.15) is 12.6 Å². The molecule has 1 aliphatic carbocycles. The summed E-state index contributed by atoms with van der Waals surface area (Å²) in [5, 5.41) is 18.3. The minimum atomic E-state index is -4.80. The van der Waals surface area contributed by atoms with Gasteiger partial charge in [0.05, 0.1) is 23.7 Å². The van der Waals surface area contributed by atoms with Gasteiger partial charge in [0.2, 0.25) is 17.9 Å². The highest BCUT2D eigenvalue weighted by atomic mass is 35.5. The molecule has 0 bridgehead atoms. The molecule has 2 unspecified atom stereocenters. The van der Waals surface area contributed by atoms with Crippen molar-refractivity contribution in [3.05, 3.63) is 100 Å². The maximum Gasteiger partial charge on any atom is 0.429 e. The number of nitrogen functional groups attached to an aromatic ring is 1. The predicted octanol–water partition coefficient (Wildman–Crippen LogP) is 5.87. The van der Waals surface area contributed by atoms with Gasteiger partial charge in [-0.1, -0.05) is 41.9 Å². The van der Waals surface area contributed by atoms with Crippen LogP contribution in [0.5, 0.6) is 5.88 Å². The van der Waals surface area contributed by atoms with Crippen molar-refractivity contribution in [2.24, 2.45) is 5.41 Å². The Kier molecular flexibility index (Phi) is 12.6. The molecular formula is C37H39ClF3N7O6. The van der Waals surface area contributed by atoms with Gasteiger partial charge >= 0.3 is 18.1 Å². The summed E-state index contributed by atoms with van der Waals surface area (Å²) in [5.41, 5.74) is 8.08. The second-order valence-electron chi connectivity index (χ2n) is 12.9. The number of allylic oxidation sites excluding steroid dienone is 2. The highest BCUT2D eigenvalue weighted by Crippen LogP contribution is 2.45. The van der Waals surface area contributed by atoms with E-state index in [4.69, 9.17) is 31.9 Å². The summed E-state index contributed by atoms with van der Waals surface area (Å²) in [7, 11) is 0. The SMILES string of the molecule is CCOC(=O)C1CC2(CC=C(c3cc(O[C@H](c4ccc(Cl)cc4-n4ccc(C)n4)C(F)(F)F)nc(N)n3)CC2)CN1.O=C(O)CNC(=O)c1ccccc1. The van der Waals surface area contributed by atoms with Gasteiger partial charge in [-0.2, -0.15) is 23.3 Å². The third kappa shape index (κ3) is 10.1. The lowest BCUT2D eigenvalue weighted by Gasteiger charge is -2.32. The highest BCUT2D eigenvalue weighted by Gasteiger charge is 2.46. The number of carbonyl (C=O) groups excluding carboxylic acids is 2. The highest BCUT2D eigenvalue weighted by molar-refractivity contribution is 6.30. The number of nitrogens with two attached hydrogens (primary N) is 1. The molecule has 1 aliphatic heterocycles. The number of nitrogens with one attached hydrogen (secondary N) is 2. The number of amides is 1. The number of hydrogen-bond acceptors (Lipinski definition) is 10. The maximum absolute atomic E-state index is 14.4. The first kappa shape index (κ1) is 39.7. The molecule has 6 rings (SSSR count). The molecule has 286 valence electrons. The number of hydrogen-bond donors (Lipinski definition) is 4. The number of anilines is 1. The van der Waals surface area contributed by atoms with Crippen molar-refractivity contribution in [2.75, 3.05) is 25.4 Å². The summed E-state index contributed by atoms with van der Waals surface area (Å²) >= 11 is 6.13. The molecule has 1 spiro atoms. The minimum Gasteiger partial charge on any atom is -0.480 e. The molecule has 0 radical (unpaired) electrons. The van der Waals surface area contributed by atoms with Gasteiger partial charge in [-0.3, -0.25) is 14.4 Å². The zero-order chi connectivity index (χ0) is 39.0. The maximum atomic E-state index is 14.4. The van der Waals surface area contributed by atoms with Crippen LogP contribution < -0.4 is 21.1 Å². The molecular weight excluding hydrogens is 731 g/mol. The summed E-state index contributed by atoms with van der Waals surface area (Å²) in [6.07, 6.45) is -0.921. The fraction of sp³-hybridized carbons (Fsp3) is 0.351. The second kappa shape index (κ2) is 17.1. The lowest BCUT2D eigenvalue weighted by atomic mass is 9.73. The van der Waals surface area contributed by atoms with E-state index in [9.17, 15) is 27.6 Å². The summed E-state index contributed by atoms with van der Waals surface area (Å²) in [5.74, 6) is -2.19. The van der Waals surface area contributed by atoms with Crippen LogP contribution in [0.15, 0.2) is 72.9 Å². The van der Waals surface area contributed by atoms with E-state index in [0.717, 1.165) is 12.0 Å². The molecule has 17 heteroatoms. The Labute approximate surface area is 313 Å². The van der Waals surface area contributed by atoms with Crippen molar-refractivity contribution in [1.29, 1.82) is 0 Å². The molecule has 13 nitrogen and oxygen atoms in total. The Balaban J connectivity index is 0.000000365. The van der Waals surface area contributed by atoms with E-state index < -0.39 is 18.2 Å². The Morgan fingerprint density at radius 2 is 1.91 bits per heavy atom. The van der Waals surface area contributed by atoms with Crippen LogP contribution in [0.1, 0.15) is 66.0 Å². The first-order valence-electron chi connectivity index (χ1n) is 17.0. The molecule has 4 aromatic rings. The number of halogens is 4. The first-order chi connectivity index (χ1) is 25.7. The number of aliphatic carboxylic acids is 1. The molecule has 3 atom stereocenters. The Morgan fingerprint density at radius 3 is 2.54 bits per heavy atom. The van der Waals surface area contributed by atoms with E-state index >= 15 is 0 Å². The standard InChI is InChI=1S/C28H30ClF3N6O3.C9H9NO3/c1-3-40-25(39)21-14-27(15-34-21)9-6-17(7-10-27)20-13-23(36-26(33)35-20)41-24(28(30,31)32)19-5-4-18(29)12-22(19)38-11-8-16(2)37-38;11-8(12)6-10-9(13)7-4-2-1-3-5-7/h4-6,8,11-13,21,24,34H,3,7,9-10,14-15H2,1-2H3,(H2,33,35,36);1-5H,6H2,(H,10,13)(H,11,12)/t21?,24-,27?;/m1./s1. The van der Waals surface area contributed by atoms with Gasteiger partial charge in [-0.15, -0.1) is 0 Å². The lowest BCUT2D eigenvalue weighted by Crippen LogP contribution is -2.32. The number of carboxylic acids is 1. The largest absolute Gasteiger partial charge is 0.480 e. The number of nitrogens with zero attached hydrogens (tertiary/aromatic N) is 4. The third-order valence-electron chi connectivity index (χ3n) is 8.90. The zero-order valence-corrected chi connectivity index (χ0v) is 30.2. The number of aromatic nitrogens is 4. The van der Waals surface area contributed by atoms with E-state index in [1.54, 1.807) is 56.4 Å². The van der Waals surface area contributed by atoms with Crippen molar-refractivity contribution >= 4 is 41.0 Å². The Hall–Kier alpha value is -5.48. The van der Waals surface area contributed by atoms with Gasteiger partial charge in [0, 0.05) is 35.0 Å². The fourth-order valence-corrected chi connectivity index (χ4v) is 6.44. The third-order valence-corrected chi connectivity index (χ3v) is 9.14. The van der Waals surface area contributed by atoms with Crippen molar-refractivity contribution < 1.29 is 42.1 Å². The molecule has 2 aromatic heterocycles. The van der Waals surface area contributed by atoms with E-state index in [1.807, 2.05) is 6.08 Å². The van der Waals surface area contributed by atoms with Crippen molar-refractivity contribution in [3.63, 3.8) is 0 Å². The van der Waals surface area contributed by atoms with Crippen LogP contribution in [0.25, 0.3) is 11.3 Å². The van der Waals surface area contributed by atoms with Crippen LogP contribution in [-0.2, 0) is 14.3 Å². The van der Waals surface area contributed by atoms with E-state index in [2.05, 4.69) is 25.7 Å². The molecule has 1 fully saturated rings. The zero-order valence-electron chi connectivity index (χ0n) is 29.4. The van der Waals surface area contributed by atoms with E-state index in [-0.39, 0.29) is 58.0 Å². The molecule has 0 saturated carbocycles. The van der Waals surface area contributed by atoms with Crippen LogP contribution in [0.4, 0.5) is 19.1 Å². The molecule has 1 amide bonds. The van der Waals surface area contributed by atoms with Crippen LogP contribution in [0.2, 0.25) is 5.02 Å². The molecule has 2 aromatic carbocycles. The van der Waals surface area contributed by atoms with Gasteiger partial charge < -0.3 is 30.9 Å². The van der Waals surface area contributed by atoms with Crippen LogP contribution in [0, 0.1) is 12.3 Å². The van der Waals surface area contributed by atoms with Gasteiger partial charge in [-0.05, 0) is 80.9 Å². The molecule has 5 N–H and O–H groups in total. The van der Waals surface area contributed by atoms with Gasteiger partial charge in [0.15, 0.2) is 0 Å². The summed E-state index contributed by atoms with van der Waals surface area (Å²) in [6.45, 7) is 4.15. The Morgan fingerprint density at radius 1 is 1.15 bits per heavy atom. The summed E-state index contributed by atoms with van der Waals surface area (Å²) in [6, 6.07) is 15.2. The van der Waals surface area contributed by atoms with E-state index in [0.29, 0.717) is 49.4 Å². The topological polar surface area (TPSA) is 184 Å². The molecule has 1 saturated heterocycles. The monoisotopic (exact) mass is 769 g/mol. The summed E-state index contributed by atoms with van der Waals surface area (Å²) < 4.78 is 55.3. The number of aryl methyl sites for hydroxylation is 1. The average Bonchev–Trinajstić information content (AvgIpc) is 3.76. The van der Waals surface area contributed by atoms with Crippen LogP contribution >= 0.6 is 11.6 Å². The summed E-state index contributed by atoms with van der Waals surface area (Å²) in [4.78, 5) is 41.7. The minimum absolute atomic E-state index is 0.101. The van der Waals surface area contributed by atoms with Crippen LogP contribution in [-0.4, -0.2) is 74.6 Å². The molecule has 2 aliphatic rings. The number of benzene rings is 2. The Bertz CT molecular complexity index is 2010. The second-order valence-corrected chi connectivity index (χ2v) is 13.3. The average molecular weight is 770 g/mol. The quantitative estimate of drug-likeness (QED) is 0.142. The number of rotatable bonds is 10. The van der Waals surface area contributed by atoms with Crippen molar-refractivity contribution in [1.82, 2.24) is 30.4 Å². The smallest absolute Gasteiger partial charge is 0.429 e. The molecule has 54 heavy (non-hydrogen) atoms. The normalized spacial score (nSPS) is 18.6. The lowest BCUT2D eigenvalue weighted by molar-refractivity contribution is -0.198. The van der Waals surface area contributed by atoms with Crippen molar-refractivity contribution in [2.45, 2.75) is 57.9 Å². The number of carboxylic acid groups (broad SMARTS) is 1. The van der Waals surface area contributed by atoms with Gasteiger partial charge in [0.25, 0.3) is 5.91 Å². The van der Waals surface area contributed by atoms with Crippen LogP contribution in [0.3, 0.4) is 0 Å². The number of ether oxygens (including phenoxy) is 2. The molecule has 3 heterocycles. The predicted molar refractivity (Wildman–Crippen MR) is 193 cm³/mol. The number of esters is 1. The van der Waals surface area contributed by atoms with Crippen molar-refractivity contribution in [3.8, 4) is 11.6 Å². The van der Waals surface area contributed by atoms with E-state index in [1.165, 1.54) is 28.9 Å². The number of alkyl halides is 3. The number of carbonyl (C=O) groups is 3. The van der Waals surface area contributed by atoms with Gasteiger partial charge in [-0.25, -0.2) is 9.67 Å².